The fourth-order valence-corrected chi connectivity index (χ4v) is 2.54. The lowest BCUT2D eigenvalue weighted by Gasteiger charge is -2.29. The van der Waals surface area contributed by atoms with Crippen molar-refractivity contribution in [3.63, 3.8) is 0 Å². The van der Waals surface area contributed by atoms with Gasteiger partial charge in [0.2, 0.25) is 0 Å². The maximum Gasteiger partial charge on any atom is 0.340 e. The van der Waals surface area contributed by atoms with Crippen molar-refractivity contribution in [2.75, 3.05) is 30.9 Å². The average Bonchev–Trinajstić information content (AvgIpc) is 2.43. The van der Waals surface area contributed by atoms with E-state index >= 15 is 0 Å². The molecular weight excluding hydrogens is 278 g/mol. The van der Waals surface area contributed by atoms with Crippen molar-refractivity contribution in [1.29, 1.82) is 0 Å². The van der Waals surface area contributed by atoms with Crippen molar-refractivity contribution >= 4 is 28.9 Å². The van der Waals surface area contributed by atoms with Crippen molar-refractivity contribution in [1.82, 2.24) is 5.01 Å². The number of ether oxygens (including phenoxy) is 1. The summed E-state index contributed by atoms with van der Waals surface area (Å²) in [5.74, 6) is -0.416. The predicted octanol–water partition coefficient (Wildman–Crippen LogP) is 2.91. The van der Waals surface area contributed by atoms with Gasteiger partial charge in [0, 0.05) is 18.8 Å². The average molecular weight is 298 g/mol. The van der Waals surface area contributed by atoms with Crippen LogP contribution in [0.4, 0.5) is 11.4 Å². The summed E-state index contributed by atoms with van der Waals surface area (Å²) < 4.78 is 5.06. The molecule has 0 bridgehead atoms. The zero-order chi connectivity index (χ0) is 14.5. The second-order valence-corrected chi connectivity index (χ2v) is 5.21. The monoisotopic (exact) mass is 297 g/mol. The van der Waals surface area contributed by atoms with Crippen LogP contribution in [-0.2, 0) is 4.74 Å². The molecule has 2 rings (SSSR count). The van der Waals surface area contributed by atoms with Gasteiger partial charge in [0.25, 0.3) is 0 Å². The van der Waals surface area contributed by atoms with Crippen LogP contribution in [0, 0.1) is 0 Å². The van der Waals surface area contributed by atoms with Crippen molar-refractivity contribution in [3.05, 3.63) is 22.7 Å². The SMILES string of the molecule is CCOC(=O)c1cc(N)cc(Cl)c1NN1CCCCC1. The van der Waals surface area contributed by atoms with Gasteiger partial charge in [0.15, 0.2) is 0 Å². The van der Waals surface area contributed by atoms with Crippen molar-refractivity contribution < 1.29 is 9.53 Å². The Morgan fingerprint density at radius 3 is 2.75 bits per heavy atom. The number of carbonyl (C=O) groups is 1. The maximum absolute atomic E-state index is 12.0. The van der Waals surface area contributed by atoms with Crippen LogP contribution in [0.5, 0.6) is 0 Å². The van der Waals surface area contributed by atoms with Crippen molar-refractivity contribution in [3.8, 4) is 0 Å². The third-order valence-electron chi connectivity index (χ3n) is 3.23. The van der Waals surface area contributed by atoms with Crippen molar-refractivity contribution in [2.24, 2.45) is 0 Å². The summed E-state index contributed by atoms with van der Waals surface area (Å²) >= 11 is 6.22. The number of esters is 1. The summed E-state index contributed by atoms with van der Waals surface area (Å²) in [7, 11) is 0. The number of carbonyl (C=O) groups excluding carboxylic acids is 1. The van der Waals surface area contributed by atoms with Crippen LogP contribution in [-0.4, -0.2) is 30.7 Å². The Kier molecular flexibility index (Phi) is 5.09. The number of nitrogens with zero attached hydrogens (tertiary/aromatic N) is 1. The highest BCUT2D eigenvalue weighted by molar-refractivity contribution is 6.34. The summed E-state index contributed by atoms with van der Waals surface area (Å²) in [6, 6.07) is 3.23. The third kappa shape index (κ3) is 3.55. The molecule has 5 nitrogen and oxygen atoms in total. The summed E-state index contributed by atoms with van der Waals surface area (Å²) in [5, 5.41) is 2.50. The molecule has 1 aromatic carbocycles. The molecule has 0 unspecified atom stereocenters. The van der Waals surface area contributed by atoms with Gasteiger partial charge in [-0.2, -0.15) is 0 Å². The number of hydrogen-bond acceptors (Lipinski definition) is 5. The number of piperidine rings is 1. The first kappa shape index (κ1) is 14.9. The maximum atomic E-state index is 12.0. The lowest BCUT2D eigenvalue weighted by Crippen LogP contribution is -2.35. The Hall–Kier alpha value is -1.46. The van der Waals surface area contributed by atoms with E-state index in [2.05, 4.69) is 10.4 Å². The number of halogens is 1. The van der Waals surface area contributed by atoms with E-state index in [4.69, 9.17) is 22.1 Å². The minimum Gasteiger partial charge on any atom is -0.462 e. The van der Waals surface area contributed by atoms with E-state index in [9.17, 15) is 4.79 Å². The van der Waals surface area contributed by atoms with Gasteiger partial charge < -0.3 is 15.9 Å². The van der Waals surface area contributed by atoms with Gasteiger partial charge in [-0.25, -0.2) is 9.80 Å². The molecule has 110 valence electrons. The molecule has 1 aromatic rings. The molecule has 1 heterocycles. The van der Waals surface area contributed by atoms with Crippen LogP contribution in [0.15, 0.2) is 12.1 Å². The molecule has 0 aliphatic carbocycles. The van der Waals surface area contributed by atoms with Gasteiger partial charge in [-0.3, -0.25) is 0 Å². The first-order valence-corrected chi connectivity index (χ1v) is 7.27. The van der Waals surface area contributed by atoms with E-state index in [1.807, 2.05) is 0 Å². The molecule has 0 saturated carbocycles. The molecule has 1 aliphatic heterocycles. The summed E-state index contributed by atoms with van der Waals surface area (Å²) in [5.41, 5.74) is 10.4. The number of nitrogen functional groups attached to an aromatic ring is 1. The first-order chi connectivity index (χ1) is 9.61. The minimum absolute atomic E-state index is 0.314. The molecule has 0 amide bonds. The van der Waals surface area contributed by atoms with Gasteiger partial charge in [-0.05, 0) is 31.9 Å². The fraction of sp³-hybridized carbons (Fsp3) is 0.500. The lowest BCUT2D eigenvalue weighted by atomic mass is 10.1. The topological polar surface area (TPSA) is 67.6 Å². The number of benzene rings is 1. The molecule has 20 heavy (non-hydrogen) atoms. The van der Waals surface area contributed by atoms with E-state index in [-0.39, 0.29) is 0 Å². The molecule has 6 heteroatoms. The van der Waals surface area contributed by atoms with Crippen LogP contribution in [0.25, 0.3) is 0 Å². The van der Waals surface area contributed by atoms with Crippen LogP contribution in [0.2, 0.25) is 5.02 Å². The van der Waals surface area contributed by atoms with Crippen LogP contribution >= 0.6 is 11.6 Å². The highest BCUT2D eigenvalue weighted by Crippen LogP contribution is 2.30. The highest BCUT2D eigenvalue weighted by Gasteiger charge is 2.19. The predicted molar refractivity (Wildman–Crippen MR) is 80.9 cm³/mol. The molecular formula is C14H20ClN3O2. The minimum atomic E-state index is -0.416. The van der Waals surface area contributed by atoms with Crippen LogP contribution in [0.3, 0.4) is 0 Å². The second-order valence-electron chi connectivity index (χ2n) is 4.81. The Morgan fingerprint density at radius 2 is 2.10 bits per heavy atom. The number of nitrogens with two attached hydrogens (primary N) is 1. The van der Waals surface area contributed by atoms with Gasteiger partial charge >= 0.3 is 5.97 Å². The van der Waals surface area contributed by atoms with Crippen LogP contribution < -0.4 is 11.2 Å². The second kappa shape index (κ2) is 6.81. The van der Waals surface area contributed by atoms with E-state index in [1.54, 1.807) is 19.1 Å². The van der Waals surface area contributed by atoms with Crippen molar-refractivity contribution in [2.45, 2.75) is 26.2 Å². The van der Waals surface area contributed by atoms with Gasteiger partial charge in [-0.1, -0.05) is 18.0 Å². The van der Waals surface area contributed by atoms with E-state index in [0.29, 0.717) is 28.6 Å². The molecule has 1 fully saturated rings. The molecule has 3 N–H and O–H groups in total. The summed E-state index contributed by atoms with van der Waals surface area (Å²) in [6.45, 7) is 3.95. The summed E-state index contributed by atoms with van der Waals surface area (Å²) in [6.07, 6.45) is 3.50. The fourth-order valence-electron chi connectivity index (χ4n) is 2.27. The first-order valence-electron chi connectivity index (χ1n) is 6.89. The molecule has 0 radical (unpaired) electrons. The number of hydrazine groups is 1. The molecule has 1 aliphatic rings. The number of hydrogen-bond donors (Lipinski definition) is 2. The Bertz CT molecular complexity index is 488. The molecule has 1 saturated heterocycles. The molecule has 0 spiro atoms. The van der Waals surface area contributed by atoms with Gasteiger partial charge in [0.05, 0.1) is 22.9 Å². The number of anilines is 2. The van der Waals surface area contributed by atoms with E-state index < -0.39 is 5.97 Å². The van der Waals surface area contributed by atoms with Crippen LogP contribution in [0.1, 0.15) is 36.5 Å². The normalized spacial score (nSPS) is 15.9. The quantitative estimate of drug-likeness (QED) is 0.661. The van der Waals surface area contributed by atoms with E-state index in [1.165, 1.54) is 6.42 Å². The third-order valence-corrected chi connectivity index (χ3v) is 3.53. The highest BCUT2D eigenvalue weighted by atomic mass is 35.5. The zero-order valence-corrected chi connectivity index (χ0v) is 12.4. The molecule has 0 atom stereocenters. The summed E-state index contributed by atoms with van der Waals surface area (Å²) in [4.78, 5) is 12.0. The Labute approximate surface area is 124 Å². The Morgan fingerprint density at radius 1 is 1.40 bits per heavy atom. The Balaban J connectivity index is 2.26. The largest absolute Gasteiger partial charge is 0.462 e. The molecule has 0 aromatic heterocycles. The smallest absolute Gasteiger partial charge is 0.340 e. The van der Waals surface area contributed by atoms with Gasteiger partial charge in [-0.15, -0.1) is 0 Å². The van der Waals surface area contributed by atoms with Gasteiger partial charge in [0.1, 0.15) is 0 Å². The van der Waals surface area contributed by atoms with E-state index in [0.717, 1.165) is 25.9 Å². The zero-order valence-electron chi connectivity index (χ0n) is 11.6. The number of rotatable bonds is 4. The number of nitrogens with one attached hydrogen (secondary N) is 1. The standard InChI is InChI=1S/C14H20ClN3O2/c1-2-20-14(19)11-8-10(16)9-12(15)13(11)17-18-6-4-3-5-7-18/h8-9,17H,2-7,16H2,1H3. The lowest BCUT2D eigenvalue weighted by molar-refractivity contribution is 0.0527.